The van der Waals surface area contributed by atoms with Crippen molar-refractivity contribution in [2.75, 3.05) is 32.1 Å². The zero-order chi connectivity index (χ0) is 20.0. The highest BCUT2D eigenvalue weighted by atomic mass is 32.2. The van der Waals surface area contributed by atoms with E-state index >= 15 is 0 Å². The lowest BCUT2D eigenvalue weighted by atomic mass is 10.2. The lowest BCUT2D eigenvalue weighted by molar-refractivity contribution is -0.150. The van der Waals surface area contributed by atoms with Crippen molar-refractivity contribution >= 4 is 27.6 Å². The number of sulfonamides is 1. The Hall–Kier alpha value is -2.13. The van der Waals surface area contributed by atoms with Crippen LogP contribution in [0.15, 0.2) is 23.1 Å². The van der Waals surface area contributed by atoms with Crippen LogP contribution >= 0.6 is 0 Å². The Balaban J connectivity index is 2.17. The van der Waals surface area contributed by atoms with Crippen LogP contribution in [-0.4, -0.2) is 51.4 Å². The molecular weight excluding hydrogens is 372 g/mol. The third-order valence-electron chi connectivity index (χ3n) is 4.21. The van der Waals surface area contributed by atoms with E-state index in [1.54, 1.807) is 13.8 Å². The van der Waals surface area contributed by atoms with Gasteiger partial charge in [-0.1, -0.05) is 20.3 Å². The normalized spacial score (nSPS) is 15.4. The quantitative estimate of drug-likeness (QED) is 0.705. The van der Waals surface area contributed by atoms with Crippen LogP contribution in [0.5, 0.6) is 5.75 Å². The maximum Gasteiger partial charge on any atom is 0.308 e. The lowest BCUT2D eigenvalue weighted by Gasteiger charge is -2.26. The number of hydrogen-bond acceptors (Lipinski definition) is 6. The molecule has 1 aromatic carbocycles. The molecule has 1 aliphatic heterocycles. The van der Waals surface area contributed by atoms with Crippen LogP contribution in [-0.2, 0) is 24.3 Å². The fourth-order valence-corrected chi connectivity index (χ4v) is 4.23. The van der Waals surface area contributed by atoms with Crippen molar-refractivity contribution in [3.05, 3.63) is 18.2 Å². The SMILES string of the molecule is COc1ccc(S(=O)(=O)N2CCCCC2)cc1NC(=O)COC(=O)C(C)C. The summed E-state index contributed by atoms with van der Waals surface area (Å²) in [5, 5.41) is 2.55. The summed E-state index contributed by atoms with van der Waals surface area (Å²) in [5.74, 6) is -1.09. The van der Waals surface area contributed by atoms with Crippen molar-refractivity contribution in [1.82, 2.24) is 4.31 Å². The van der Waals surface area contributed by atoms with E-state index in [4.69, 9.17) is 9.47 Å². The number of rotatable bonds is 7. The number of amides is 1. The van der Waals surface area contributed by atoms with Crippen LogP contribution in [0.4, 0.5) is 5.69 Å². The number of hydrogen-bond donors (Lipinski definition) is 1. The number of piperidine rings is 1. The van der Waals surface area contributed by atoms with Gasteiger partial charge < -0.3 is 14.8 Å². The van der Waals surface area contributed by atoms with Crippen LogP contribution in [0, 0.1) is 5.92 Å². The second kappa shape index (κ2) is 9.18. The summed E-state index contributed by atoms with van der Waals surface area (Å²) >= 11 is 0. The molecule has 0 bridgehead atoms. The first-order valence-electron chi connectivity index (χ1n) is 8.90. The molecule has 0 aromatic heterocycles. The largest absolute Gasteiger partial charge is 0.495 e. The van der Waals surface area contributed by atoms with Crippen LogP contribution in [0.2, 0.25) is 0 Å². The fraction of sp³-hybridized carbons (Fsp3) is 0.556. The van der Waals surface area contributed by atoms with Gasteiger partial charge in [0.25, 0.3) is 5.91 Å². The second-order valence-electron chi connectivity index (χ2n) is 6.64. The van der Waals surface area contributed by atoms with Crippen molar-refractivity contribution in [2.45, 2.75) is 38.0 Å². The summed E-state index contributed by atoms with van der Waals surface area (Å²) in [6.45, 7) is 3.85. The summed E-state index contributed by atoms with van der Waals surface area (Å²) in [4.78, 5) is 23.6. The van der Waals surface area contributed by atoms with Gasteiger partial charge in [0.1, 0.15) is 5.75 Å². The Morgan fingerprint density at radius 1 is 1.19 bits per heavy atom. The Morgan fingerprint density at radius 3 is 2.44 bits per heavy atom. The second-order valence-corrected chi connectivity index (χ2v) is 8.58. The predicted molar refractivity (Wildman–Crippen MR) is 100 cm³/mol. The van der Waals surface area contributed by atoms with Crippen LogP contribution in [0.1, 0.15) is 33.1 Å². The van der Waals surface area contributed by atoms with Crippen LogP contribution < -0.4 is 10.1 Å². The maximum absolute atomic E-state index is 12.8. The monoisotopic (exact) mass is 398 g/mol. The zero-order valence-corrected chi connectivity index (χ0v) is 16.7. The Labute approximate surface area is 159 Å². The Bertz CT molecular complexity index is 785. The van der Waals surface area contributed by atoms with Crippen molar-refractivity contribution < 1.29 is 27.5 Å². The smallest absolute Gasteiger partial charge is 0.308 e. The van der Waals surface area contributed by atoms with Crippen molar-refractivity contribution in [1.29, 1.82) is 0 Å². The highest BCUT2D eigenvalue weighted by Crippen LogP contribution is 2.30. The summed E-state index contributed by atoms with van der Waals surface area (Å²) < 4.78 is 37.2. The third kappa shape index (κ3) is 5.43. The van der Waals surface area contributed by atoms with Gasteiger partial charge in [-0.3, -0.25) is 9.59 Å². The first-order chi connectivity index (χ1) is 12.8. The van der Waals surface area contributed by atoms with Gasteiger partial charge in [-0.25, -0.2) is 8.42 Å². The minimum Gasteiger partial charge on any atom is -0.495 e. The summed E-state index contributed by atoms with van der Waals surface area (Å²) in [6.07, 6.45) is 2.69. The molecule has 0 aliphatic carbocycles. The van der Waals surface area contributed by atoms with Gasteiger partial charge in [0.05, 0.1) is 23.6 Å². The lowest BCUT2D eigenvalue weighted by Crippen LogP contribution is -2.35. The predicted octanol–water partition coefficient (Wildman–Crippen LogP) is 2.01. The molecule has 1 saturated heterocycles. The molecule has 0 spiro atoms. The molecular formula is C18H26N2O6S. The number of esters is 1. The van der Waals surface area contributed by atoms with Gasteiger partial charge in [-0.15, -0.1) is 0 Å². The molecule has 1 heterocycles. The van der Waals surface area contributed by atoms with Gasteiger partial charge in [-0.05, 0) is 31.0 Å². The first kappa shape index (κ1) is 21.2. The molecule has 1 fully saturated rings. The third-order valence-corrected chi connectivity index (χ3v) is 6.11. The molecule has 27 heavy (non-hydrogen) atoms. The molecule has 1 aromatic rings. The summed E-state index contributed by atoms with van der Waals surface area (Å²) in [5.41, 5.74) is 0.209. The average molecular weight is 398 g/mol. The maximum atomic E-state index is 12.8. The molecule has 9 heteroatoms. The minimum absolute atomic E-state index is 0.0830. The number of carbonyl (C=O) groups is 2. The van der Waals surface area contributed by atoms with E-state index in [-0.39, 0.29) is 16.5 Å². The molecule has 0 radical (unpaired) electrons. The van der Waals surface area contributed by atoms with Crippen LogP contribution in [0.25, 0.3) is 0 Å². The molecule has 1 aliphatic rings. The molecule has 8 nitrogen and oxygen atoms in total. The number of nitrogens with zero attached hydrogens (tertiary/aromatic N) is 1. The number of benzene rings is 1. The van der Waals surface area contributed by atoms with E-state index in [1.807, 2.05) is 0 Å². The number of methoxy groups -OCH3 is 1. The fourth-order valence-electron chi connectivity index (χ4n) is 2.69. The Kier molecular flexibility index (Phi) is 7.20. The molecule has 1 N–H and O–H groups in total. The summed E-state index contributed by atoms with van der Waals surface area (Å²) in [7, 11) is -2.22. The molecule has 0 atom stereocenters. The average Bonchev–Trinajstić information content (AvgIpc) is 2.66. The summed E-state index contributed by atoms with van der Waals surface area (Å²) in [6, 6.07) is 4.31. The molecule has 1 amide bonds. The van der Waals surface area contributed by atoms with Gasteiger partial charge in [0.2, 0.25) is 10.0 Å². The van der Waals surface area contributed by atoms with E-state index in [1.165, 1.54) is 29.6 Å². The minimum atomic E-state index is -3.64. The van der Waals surface area contributed by atoms with Crippen LogP contribution in [0.3, 0.4) is 0 Å². The first-order valence-corrected chi connectivity index (χ1v) is 10.3. The van der Waals surface area contributed by atoms with Gasteiger partial charge in [0.15, 0.2) is 6.61 Å². The number of ether oxygens (including phenoxy) is 2. The van der Waals surface area contributed by atoms with Crippen molar-refractivity contribution in [3.8, 4) is 5.75 Å². The highest BCUT2D eigenvalue weighted by molar-refractivity contribution is 7.89. The van der Waals surface area contributed by atoms with Crippen molar-refractivity contribution in [3.63, 3.8) is 0 Å². The van der Waals surface area contributed by atoms with E-state index in [2.05, 4.69) is 5.32 Å². The van der Waals surface area contributed by atoms with Gasteiger partial charge in [0, 0.05) is 13.1 Å². The van der Waals surface area contributed by atoms with E-state index < -0.39 is 28.5 Å². The number of carbonyl (C=O) groups excluding carboxylic acids is 2. The topological polar surface area (TPSA) is 102 Å². The van der Waals surface area contributed by atoms with Gasteiger partial charge in [-0.2, -0.15) is 4.31 Å². The molecule has 150 valence electrons. The number of anilines is 1. The molecule has 2 rings (SSSR count). The number of nitrogens with one attached hydrogen (secondary N) is 1. The molecule has 0 unspecified atom stereocenters. The van der Waals surface area contributed by atoms with E-state index in [0.717, 1.165) is 19.3 Å². The van der Waals surface area contributed by atoms with E-state index in [9.17, 15) is 18.0 Å². The Morgan fingerprint density at radius 2 is 1.85 bits per heavy atom. The molecule has 0 saturated carbocycles. The van der Waals surface area contributed by atoms with E-state index in [0.29, 0.717) is 18.8 Å². The standard InChI is InChI=1S/C18H26N2O6S/c1-13(2)18(22)26-12-17(21)19-15-11-14(7-8-16(15)25-3)27(23,24)20-9-5-4-6-10-20/h7-8,11,13H,4-6,9-10,12H2,1-3H3,(H,19,21). The zero-order valence-electron chi connectivity index (χ0n) is 15.9. The van der Waals surface area contributed by atoms with Crippen molar-refractivity contribution in [2.24, 2.45) is 5.92 Å². The van der Waals surface area contributed by atoms with Gasteiger partial charge >= 0.3 is 5.97 Å². The highest BCUT2D eigenvalue weighted by Gasteiger charge is 2.27.